The zero-order valence-electron chi connectivity index (χ0n) is 26.6. The quantitative estimate of drug-likeness (QED) is 0.149. The monoisotopic (exact) mass is 723 g/mol. The van der Waals surface area contributed by atoms with E-state index in [2.05, 4.69) is 21.2 Å². The highest BCUT2D eigenvalue weighted by atomic mass is 79.9. The lowest BCUT2D eigenvalue weighted by Crippen LogP contribution is -2.53. The summed E-state index contributed by atoms with van der Waals surface area (Å²) >= 11 is 3.44. The van der Waals surface area contributed by atoms with Gasteiger partial charge in [0.25, 0.3) is 10.0 Å². The smallest absolute Gasteiger partial charge is 0.264 e. The zero-order chi connectivity index (χ0) is 34.0. The van der Waals surface area contributed by atoms with Gasteiger partial charge in [-0.15, -0.1) is 0 Å². The van der Waals surface area contributed by atoms with Gasteiger partial charge < -0.3 is 15.0 Å². The molecule has 0 fully saturated rings. The van der Waals surface area contributed by atoms with Crippen LogP contribution < -0.4 is 14.4 Å². The van der Waals surface area contributed by atoms with Gasteiger partial charge in [0.1, 0.15) is 24.2 Å². The summed E-state index contributed by atoms with van der Waals surface area (Å²) in [6.07, 6.45) is 0.209. The van der Waals surface area contributed by atoms with Crippen molar-refractivity contribution >= 4 is 43.5 Å². The first-order chi connectivity index (χ1) is 22.5. The molecule has 0 aliphatic rings. The molecule has 1 N–H and O–H groups in total. The van der Waals surface area contributed by atoms with Crippen LogP contribution in [0.15, 0.2) is 112 Å². The van der Waals surface area contributed by atoms with Crippen molar-refractivity contribution in [1.82, 2.24) is 10.2 Å². The molecule has 0 bridgehead atoms. The van der Waals surface area contributed by atoms with Crippen LogP contribution in [0.25, 0.3) is 0 Å². The van der Waals surface area contributed by atoms with Gasteiger partial charge in [-0.2, -0.15) is 0 Å². The van der Waals surface area contributed by atoms with E-state index in [1.54, 1.807) is 24.3 Å². The lowest BCUT2D eigenvalue weighted by molar-refractivity contribution is -0.140. The predicted molar refractivity (Wildman–Crippen MR) is 185 cm³/mol. The van der Waals surface area contributed by atoms with Gasteiger partial charge in [-0.3, -0.25) is 13.9 Å². The van der Waals surface area contributed by atoms with Crippen LogP contribution in [-0.4, -0.2) is 50.9 Å². The molecule has 248 valence electrons. The highest BCUT2D eigenvalue weighted by Crippen LogP contribution is 2.27. The lowest BCUT2D eigenvalue weighted by atomic mass is 10.0. The number of hydrogen-bond donors (Lipinski definition) is 1. The van der Waals surface area contributed by atoms with Crippen molar-refractivity contribution in [1.29, 1.82) is 0 Å². The molecular weight excluding hydrogens is 685 g/mol. The van der Waals surface area contributed by atoms with Gasteiger partial charge in [0, 0.05) is 24.0 Å². The molecule has 0 aliphatic heterocycles. The van der Waals surface area contributed by atoms with E-state index >= 15 is 0 Å². The van der Waals surface area contributed by atoms with E-state index in [9.17, 15) is 22.4 Å². The van der Waals surface area contributed by atoms with Crippen molar-refractivity contribution in [3.63, 3.8) is 0 Å². The number of carbonyl (C=O) groups is 2. The average molecular weight is 725 g/mol. The Hall–Kier alpha value is -4.22. The van der Waals surface area contributed by atoms with Gasteiger partial charge in [-0.05, 0) is 84.6 Å². The number of carbonyl (C=O) groups excluding carboxylic acids is 2. The van der Waals surface area contributed by atoms with Crippen LogP contribution in [0, 0.1) is 11.7 Å². The minimum absolute atomic E-state index is 0.0480. The number of nitrogens with zero attached hydrogens (tertiary/aromatic N) is 2. The highest BCUT2D eigenvalue weighted by molar-refractivity contribution is 9.10. The van der Waals surface area contributed by atoms with Crippen molar-refractivity contribution in [3.8, 4) is 5.75 Å². The molecule has 0 saturated heterocycles. The van der Waals surface area contributed by atoms with Crippen LogP contribution in [0.1, 0.15) is 31.9 Å². The van der Waals surface area contributed by atoms with E-state index in [4.69, 9.17) is 4.74 Å². The second-order valence-corrected chi connectivity index (χ2v) is 14.2. The van der Waals surface area contributed by atoms with Crippen LogP contribution in [0.5, 0.6) is 5.75 Å². The number of nitrogens with one attached hydrogen (secondary N) is 1. The summed E-state index contributed by atoms with van der Waals surface area (Å²) in [5.74, 6) is -0.828. The molecule has 4 aromatic carbocycles. The van der Waals surface area contributed by atoms with Crippen LogP contribution in [0.3, 0.4) is 0 Å². The number of amides is 2. The number of sulfonamides is 1. The topological polar surface area (TPSA) is 96.0 Å². The molecule has 0 radical (unpaired) electrons. The first-order valence-electron chi connectivity index (χ1n) is 15.3. The standard InChI is InChI=1S/C36H39BrFN3O5S/c1-4-46-32-18-16-31(17-19-32)41(47(44,45)33-20-14-30(38)15-21-33)25-35(42)40(24-28-10-12-29(37)13-11-28)34(36(43)39-23-26(2)3)22-27-8-6-5-7-9-27/h5-21,26,34H,4,22-25H2,1-3H3,(H,39,43)/t34-/m1/s1. The fourth-order valence-electron chi connectivity index (χ4n) is 4.90. The maximum absolute atomic E-state index is 14.5. The Bertz CT molecular complexity index is 1720. The number of benzene rings is 4. The van der Waals surface area contributed by atoms with E-state index in [0.717, 1.165) is 44.2 Å². The summed E-state index contributed by atoms with van der Waals surface area (Å²) in [5, 5.41) is 2.98. The van der Waals surface area contributed by atoms with Crippen molar-refractivity contribution in [2.45, 2.75) is 44.7 Å². The number of rotatable bonds is 15. The summed E-state index contributed by atoms with van der Waals surface area (Å²) < 4.78 is 49.4. The molecular formula is C36H39BrFN3O5S. The van der Waals surface area contributed by atoms with E-state index in [-0.39, 0.29) is 35.4 Å². The highest BCUT2D eigenvalue weighted by Gasteiger charge is 2.34. The average Bonchev–Trinajstić information content (AvgIpc) is 3.06. The third-order valence-corrected chi connectivity index (χ3v) is 9.65. The molecule has 0 spiro atoms. The van der Waals surface area contributed by atoms with Crippen molar-refractivity contribution in [3.05, 3.63) is 125 Å². The first-order valence-corrected chi connectivity index (χ1v) is 17.6. The van der Waals surface area contributed by atoms with Gasteiger partial charge >= 0.3 is 0 Å². The third kappa shape index (κ3) is 9.89. The van der Waals surface area contributed by atoms with E-state index in [1.807, 2.05) is 75.4 Å². The molecule has 47 heavy (non-hydrogen) atoms. The molecule has 1 atom stereocenters. The van der Waals surface area contributed by atoms with E-state index < -0.39 is 34.3 Å². The second-order valence-electron chi connectivity index (χ2n) is 11.4. The maximum Gasteiger partial charge on any atom is 0.264 e. The fraction of sp³-hybridized carbons (Fsp3) is 0.278. The molecule has 0 saturated carbocycles. The molecule has 0 aliphatic carbocycles. The van der Waals surface area contributed by atoms with Crippen molar-refractivity contribution in [2.75, 3.05) is 24.0 Å². The normalized spacial score (nSPS) is 12.0. The van der Waals surface area contributed by atoms with Gasteiger partial charge in [0.2, 0.25) is 11.8 Å². The van der Waals surface area contributed by atoms with Crippen LogP contribution >= 0.6 is 15.9 Å². The largest absolute Gasteiger partial charge is 0.494 e. The molecule has 8 nitrogen and oxygen atoms in total. The van der Waals surface area contributed by atoms with Crippen molar-refractivity contribution in [2.24, 2.45) is 5.92 Å². The number of hydrogen-bond acceptors (Lipinski definition) is 5. The summed E-state index contributed by atoms with van der Waals surface area (Å²) in [6, 6.07) is 26.6. The molecule has 0 heterocycles. The van der Waals surface area contributed by atoms with Gasteiger partial charge in [-0.25, -0.2) is 12.8 Å². The molecule has 11 heteroatoms. The van der Waals surface area contributed by atoms with E-state index in [0.29, 0.717) is 18.9 Å². The summed E-state index contributed by atoms with van der Waals surface area (Å²) in [5.41, 5.74) is 1.80. The van der Waals surface area contributed by atoms with Crippen LogP contribution in [0.2, 0.25) is 0 Å². The summed E-state index contributed by atoms with van der Waals surface area (Å²) in [6.45, 7) is 6.04. The Morgan fingerprint density at radius 2 is 1.51 bits per heavy atom. The number of anilines is 1. The minimum atomic E-state index is -4.36. The number of ether oxygens (including phenoxy) is 1. The number of halogens is 2. The molecule has 4 aromatic rings. The molecule has 0 unspecified atom stereocenters. The Kier molecular flexibility index (Phi) is 12.6. The van der Waals surface area contributed by atoms with Crippen molar-refractivity contribution < 1.29 is 27.1 Å². The second kappa shape index (κ2) is 16.6. The van der Waals surface area contributed by atoms with Gasteiger partial charge in [0.15, 0.2) is 0 Å². The predicted octanol–water partition coefficient (Wildman–Crippen LogP) is 6.59. The van der Waals surface area contributed by atoms with Gasteiger partial charge in [-0.1, -0.05) is 72.2 Å². The lowest BCUT2D eigenvalue weighted by Gasteiger charge is -2.34. The fourth-order valence-corrected chi connectivity index (χ4v) is 6.58. The van der Waals surface area contributed by atoms with Gasteiger partial charge in [0.05, 0.1) is 17.2 Å². The SMILES string of the molecule is CCOc1ccc(N(CC(=O)N(Cc2ccc(Br)cc2)[C@H](Cc2ccccc2)C(=O)NCC(C)C)S(=O)(=O)c2ccc(F)cc2)cc1. The first kappa shape index (κ1) is 35.6. The Balaban J connectivity index is 1.79. The Labute approximate surface area is 284 Å². The molecule has 4 rings (SSSR count). The third-order valence-electron chi connectivity index (χ3n) is 7.34. The Morgan fingerprint density at radius 1 is 0.872 bits per heavy atom. The summed E-state index contributed by atoms with van der Waals surface area (Å²) in [4.78, 5) is 29.6. The van der Waals surface area contributed by atoms with E-state index in [1.165, 1.54) is 4.90 Å². The van der Waals surface area contributed by atoms with Crippen LogP contribution in [-0.2, 0) is 32.6 Å². The summed E-state index contributed by atoms with van der Waals surface area (Å²) in [7, 11) is -4.36. The maximum atomic E-state index is 14.5. The minimum Gasteiger partial charge on any atom is -0.494 e. The Morgan fingerprint density at radius 3 is 2.11 bits per heavy atom. The zero-order valence-corrected chi connectivity index (χ0v) is 29.0. The molecule has 2 amide bonds. The van der Waals surface area contributed by atoms with Crippen LogP contribution in [0.4, 0.5) is 10.1 Å². The molecule has 0 aromatic heterocycles.